The molecule has 0 fully saturated rings. The van der Waals surface area contributed by atoms with Crippen LogP contribution < -0.4 is 5.32 Å². The van der Waals surface area contributed by atoms with Crippen LogP contribution in [0.3, 0.4) is 0 Å². The first kappa shape index (κ1) is 10.4. The van der Waals surface area contributed by atoms with Gasteiger partial charge in [0.25, 0.3) is 0 Å². The first-order chi connectivity index (χ1) is 6.76. The molecule has 0 heterocycles. The van der Waals surface area contributed by atoms with Crippen molar-refractivity contribution in [2.75, 3.05) is 11.9 Å². The highest BCUT2D eigenvalue weighted by molar-refractivity contribution is 5.92. The van der Waals surface area contributed by atoms with E-state index in [0.29, 0.717) is 5.69 Å². The van der Waals surface area contributed by atoms with E-state index in [2.05, 4.69) is 17.4 Å². The van der Waals surface area contributed by atoms with Crippen LogP contribution in [0.1, 0.15) is 12.5 Å². The second kappa shape index (κ2) is 5.11. The number of anilines is 1. The second-order valence-electron chi connectivity index (χ2n) is 2.89. The zero-order valence-electron chi connectivity index (χ0n) is 7.99. The number of rotatable bonds is 4. The number of nitrogens with zero attached hydrogens (tertiary/aromatic N) is 1. The number of carbonyl (C=O) groups excluding carboxylic acids is 1. The largest absolute Gasteiger partial charge is 0.324 e. The normalized spacial score (nSPS) is 9.50. The summed E-state index contributed by atoms with van der Waals surface area (Å²) in [5.41, 5.74) is 1.90. The molecule has 0 aliphatic heterocycles. The van der Waals surface area contributed by atoms with Crippen molar-refractivity contribution in [1.29, 1.82) is 0 Å². The van der Waals surface area contributed by atoms with E-state index in [9.17, 15) is 9.70 Å². The molecule has 1 aromatic rings. The molecule has 0 aliphatic carbocycles. The quantitative estimate of drug-likeness (QED) is 0.741. The lowest BCUT2D eigenvalue weighted by molar-refractivity contribution is -0.114. The van der Waals surface area contributed by atoms with Gasteiger partial charge in [0.2, 0.25) is 5.91 Å². The molecule has 74 valence electrons. The fraction of sp³-hybridized carbons (Fsp3) is 0.300. The Labute approximate surface area is 82.3 Å². The molecule has 4 nitrogen and oxygen atoms in total. The molecule has 0 spiro atoms. The van der Waals surface area contributed by atoms with Gasteiger partial charge in [-0.15, -0.1) is 0 Å². The molecule has 0 atom stereocenters. The molecule has 4 heteroatoms. The molecule has 0 bridgehead atoms. The predicted molar refractivity (Wildman–Crippen MR) is 55.1 cm³/mol. The van der Waals surface area contributed by atoms with Crippen LogP contribution >= 0.6 is 0 Å². The van der Waals surface area contributed by atoms with E-state index < -0.39 is 0 Å². The van der Waals surface area contributed by atoms with Gasteiger partial charge in [0.05, 0.1) is 0 Å². The minimum Gasteiger partial charge on any atom is -0.324 e. The number of carbonyl (C=O) groups is 1. The molecular weight excluding hydrogens is 180 g/mol. The molecule has 0 saturated carbocycles. The lowest BCUT2D eigenvalue weighted by Gasteiger charge is -2.03. The Morgan fingerprint density at radius 3 is 2.50 bits per heavy atom. The Hall–Kier alpha value is -1.71. The Kier molecular flexibility index (Phi) is 3.79. The van der Waals surface area contributed by atoms with Gasteiger partial charge in [-0.25, -0.2) is 0 Å². The summed E-state index contributed by atoms with van der Waals surface area (Å²) in [4.78, 5) is 20.8. The van der Waals surface area contributed by atoms with Crippen LogP contribution in [0.2, 0.25) is 0 Å². The van der Waals surface area contributed by atoms with Crippen molar-refractivity contribution in [3.05, 3.63) is 34.7 Å². The fourth-order valence-corrected chi connectivity index (χ4v) is 1.08. The summed E-state index contributed by atoms with van der Waals surface area (Å²) < 4.78 is 0. The third kappa shape index (κ3) is 2.97. The predicted octanol–water partition coefficient (Wildman–Crippen LogP) is 1.95. The number of benzene rings is 1. The smallest absolute Gasteiger partial charge is 0.249 e. The number of nitroso groups, excluding NO2 is 1. The van der Waals surface area contributed by atoms with E-state index in [1.54, 1.807) is 0 Å². The van der Waals surface area contributed by atoms with Gasteiger partial charge < -0.3 is 5.32 Å². The van der Waals surface area contributed by atoms with Gasteiger partial charge >= 0.3 is 0 Å². The molecule has 1 rings (SSSR count). The minimum atomic E-state index is -0.385. The monoisotopic (exact) mass is 192 g/mol. The highest BCUT2D eigenvalue weighted by Crippen LogP contribution is 2.09. The minimum absolute atomic E-state index is 0.338. The van der Waals surface area contributed by atoms with Gasteiger partial charge in [-0.3, -0.25) is 4.79 Å². The summed E-state index contributed by atoms with van der Waals surface area (Å²) in [7, 11) is 0. The highest BCUT2D eigenvalue weighted by atomic mass is 16.3. The summed E-state index contributed by atoms with van der Waals surface area (Å²) in [5, 5.41) is 5.06. The number of amides is 1. The molecule has 0 aromatic heterocycles. The summed E-state index contributed by atoms with van der Waals surface area (Å²) in [6.07, 6.45) is 0.962. The van der Waals surface area contributed by atoms with Crippen molar-refractivity contribution in [2.45, 2.75) is 13.3 Å². The van der Waals surface area contributed by atoms with E-state index in [4.69, 9.17) is 0 Å². The third-order valence-corrected chi connectivity index (χ3v) is 1.85. The van der Waals surface area contributed by atoms with Gasteiger partial charge in [0.1, 0.15) is 0 Å². The van der Waals surface area contributed by atoms with Crippen molar-refractivity contribution in [1.82, 2.24) is 0 Å². The van der Waals surface area contributed by atoms with E-state index in [1.165, 1.54) is 5.56 Å². The SMILES string of the molecule is CCc1ccc(NC(=O)CN=O)cc1. The first-order valence-electron chi connectivity index (χ1n) is 4.44. The van der Waals surface area contributed by atoms with Gasteiger partial charge in [-0.1, -0.05) is 24.2 Å². The van der Waals surface area contributed by atoms with E-state index in [1.807, 2.05) is 24.3 Å². The van der Waals surface area contributed by atoms with Crippen molar-refractivity contribution in [2.24, 2.45) is 5.18 Å². The van der Waals surface area contributed by atoms with Crippen molar-refractivity contribution in [3.8, 4) is 0 Å². The third-order valence-electron chi connectivity index (χ3n) is 1.85. The van der Waals surface area contributed by atoms with Crippen LogP contribution in [-0.4, -0.2) is 12.5 Å². The number of nitrogens with one attached hydrogen (secondary N) is 1. The standard InChI is InChI=1S/C10H12N2O2/c1-2-8-3-5-9(6-4-8)12-10(13)7-11-14/h3-6H,2,7H2,1H3,(H,12,13). The van der Waals surface area contributed by atoms with Gasteiger partial charge in [-0.2, -0.15) is 4.91 Å². The Bertz CT molecular complexity index is 319. The molecule has 1 aromatic carbocycles. The molecule has 1 N–H and O–H groups in total. The maximum atomic E-state index is 11.0. The van der Waals surface area contributed by atoms with Crippen LogP contribution in [0.4, 0.5) is 5.69 Å². The first-order valence-corrected chi connectivity index (χ1v) is 4.44. The van der Waals surface area contributed by atoms with Gasteiger partial charge in [-0.05, 0) is 24.1 Å². The van der Waals surface area contributed by atoms with Crippen LogP contribution in [0.15, 0.2) is 29.4 Å². The van der Waals surface area contributed by atoms with Crippen LogP contribution in [-0.2, 0) is 11.2 Å². The molecule has 0 radical (unpaired) electrons. The highest BCUT2D eigenvalue weighted by Gasteiger charge is 2.00. The average molecular weight is 192 g/mol. The van der Waals surface area contributed by atoms with Crippen molar-refractivity contribution < 1.29 is 4.79 Å². The van der Waals surface area contributed by atoms with Crippen molar-refractivity contribution >= 4 is 11.6 Å². The zero-order chi connectivity index (χ0) is 10.4. The number of hydrogen-bond donors (Lipinski definition) is 1. The lowest BCUT2D eigenvalue weighted by Crippen LogP contribution is -2.14. The molecule has 1 amide bonds. The molecule has 0 unspecified atom stereocenters. The maximum Gasteiger partial charge on any atom is 0.249 e. The van der Waals surface area contributed by atoms with Crippen LogP contribution in [0.25, 0.3) is 0 Å². The lowest BCUT2D eigenvalue weighted by atomic mass is 10.1. The summed E-state index contributed by atoms with van der Waals surface area (Å²) in [6, 6.07) is 7.48. The molecule has 0 aliphatic rings. The van der Waals surface area contributed by atoms with Crippen molar-refractivity contribution in [3.63, 3.8) is 0 Å². The van der Waals surface area contributed by atoms with Crippen LogP contribution in [0, 0.1) is 4.91 Å². The topological polar surface area (TPSA) is 58.5 Å². The van der Waals surface area contributed by atoms with Gasteiger partial charge in [0.15, 0.2) is 6.54 Å². The Morgan fingerprint density at radius 1 is 1.36 bits per heavy atom. The molecule has 0 saturated heterocycles. The molecule has 14 heavy (non-hydrogen) atoms. The van der Waals surface area contributed by atoms with Gasteiger partial charge in [0, 0.05) is 5.69 Å². The van der Waals surface area contributed by atoms with E-state index in [0.717, 1.165) is 6.42 Å². The summed E-state index contributed by atoms with van der Waals surface area (Å²) >= 11 is 0. The zero-order valence-corrected chi connectivity index (χ0v) is 7.99. The summed E-state index contributed by atoms with van der Waals surface area (Å²) in [5.74, 6) is -0.385. The average Bonchev–Trinajstić information content (AvgIpc) is 2.19. The number of aryl methyl sites for hydroxylation is 1. The second-order valence-corrected chi connectivity index (χ2v) is 2.89. The van der Waals surface area contributed by atoms with E-state index >= 15 is 0 Å². The summed E-state index contributed by atoms with van der Waals surface area (Å²) in [6.45, 7) is 1.72. The maximum absolute atomic E-state index is 11.0. The van der Waals surface area contributed by atoms with Crippen LogP contribution in [0.5, 0.6) is 0 Å². The fourth-order valence-electron chi connectivity index (χ4n) is 1.08. The Balaban J connectivity index is 2.59. The Morgan fingerprint density at radius 2 is 2.00 bits per heavy atom. The molecular formula is C10H12N2O2. The number of hydrogen-bond acceptors (Lipinski definition) is 3. The van der Waals surface area contributed by atoms with E-state index in [-0.39, 0.29) is 12.5 Å².